The van der Waals surface area contributed by atoms with Gasteiger partial charge < -0.3 is 9.13 Å². The molecule has 0 aliphatic carbocycles. The fraction of sp³-hybridized carbons (Fsp3) is 0.400. The van der Waals surface area contributed by atoms with Crippen molar-refractivity contribution in [2.24, 2.45) is 0 Å². The summed E-state index contributed by atoms with van der Waals surface area (Å²) in [6, 6.07) is 18.7. The molecule has 0 bridgehead atoms. The lowest BCUT2D eigenvalue weighted by atomic mass is 9.97. The maximum Gasteiger partial charge on any atom is 0.0486 e. The molecular formula is C30H36N2. The summed E-state index contributed by atoms with van der Waals surface area (Å²) in [4.78, 5) is 0. The maximum absolute atomic E-state index is 2.44. The second-order valence-electron chi connectivity index (χ2n) is 9.39. The first-order valence-corrected chi connectivity index (χ1v) is 12.7. The van der Waals surface area contributed by atoms with Gasteiger partial charge >= 0.3 is 0 Å². The lowest BCUT2D eigenvalue weighted by molar-refractivity contribution is 0.594. The van der Waals surface area contributed by atoms with Crippen LogP contribution >= 0.6 is 0 Å². The molecule has 2 nitrogen and oxygen atoms in total. The molecule has 0 atom stereocenters. The summed E-state index contributed by atoms with van der Waals surface area (Å²) in [5.41, 5.74) is 2.74. The van der Waals surface area contributed by atoms with Crippen molar-refractivity contribution in [1.29, 1.82) is 0 Å². The molecule has 0 radical (unpaired) electrons. The van der Waals surface area contributed by atoms with Crippen LogP contribution in [0.1, 0.15) is 65.2 Å². The largest absolute Gasteiger partial charge is 0.347 e. The van der Waals surface area contributed by atoms with Gasteiger partial charge in [-0.3, -0.25) is 0 Å². The molecule has 0 aliphatic heterocycles. The molecule has 0 N–H and O–H groups in total. The first kappa shape index (κ1) is 21.1. The number of benzene rings is 3. The van der Waals surface area contributed by atoms with Crippen LogP contribution in [0.15, 0.2) is 60.9 Å². The average Bonchev–Trinajstić information content (AvgIpc) is 3.43. The van der Waals surface area contributed by atoms with Gasteiger partial charge in [-0.25, -0.2) is 0 Å². The third-order valence-electron chi connectivity index (χ3n) is 7.20. The lowest BCUT2D eigenvalue weighted by Gasteiger charge is -2.10. The predicted molar refractivity (Wildman–Crippen MR) is 141 cm³/mol. The number of fused-ring (bicyclic) bond motifs is 7. The van der Waals surface area contributed by atoms with Gasteiger partial charge in [-0.1, -0.05) is 76.6 Å². The van der Waals surface area contributed by atoms with Crippen molar-refractivity contribution in [3.05, 3.63) is 60.9 Å². The van der Waals surface area contributed by atoms with Crippen molar-refractivity contribution in [3.63, 3.8) is 0 Å². The fourth-order valence-electron chi connectivity index (χ4n) is 5.39. The minimum atomic E-state index is 1.12. The molecule has 0 amide bonds. The van der Waals surface area contributed by atoms with E-state index >= 15 is 0 Å². The van der Waals surface area contributed by atoms with Gasteiger partial charge in [0.1, 0.15) is 0 Å². The number of rotatable bonds is 10. The van der Waals surface area contributed by atoms with Crippen LogP contribution in [0.3, 0.4) is 0 Å². The number of hydrogen-bond acceptors (Lipinski definition) is 0. The Bertz CT molecular complexity index is 1250. The third-order valence-corrected chi connectivity index (χ3v) is 7.20. The molecule has 0 saturated carbocycles. The van der Waals surface area contributed by atoms with E-state index in [9.17, 15) is 0 Å². The Labute approximate surface area is 191 Å². The minimum absolute atomic E-state index is 1.12. The van der Waals surface area contributed by atoms with E-state index in [2.05, 4.69) is 83.9 Å². The highest BCUT2D eigenvalue weighted by molar-refractivity contribution is 6.21. The van der Waals surface area contributed by atoms with Crippen molar-refractivity contribution in [2.75, 3.05) is 0 Å². The van der Waals surface area contributed by atoms with Crippen LogP contribution in [0, 0.1) is 0 Å². The number of unbranched alkanes of at least 4 members (excludes halogenated alkanes) is 6. The molecule has 2 aromatic heterocycles. The van der Waals surface area contributed by atoms with Crippen molar-refractivity contribution >= 4 is 43.4 Å². The highest BCUT2D eigenvalue weighted by Gasteiger charge is 2.11. The van der Waals surface area contributed by atoms with E-state index in [-0.39, 0.29) is 0 Å². The second-order valence-corrected chi connectivity index (χ2v) is 9.39. The molecule has 2 heteroatoms. The number of nitrogens with zero attached hydrogens (tertiary/aromatic N) is 2. The van der Waals surface area contributed by atoms with Gasteiger partial charge in [-0.15, -0.1) is 0 Å². The molecular weight excluding hydrogens is 388 g/mol. The normalized spacial score (nSPS) is 12.1. The lowest BCUT2D eigenvalue weighted by Crippen LogP contribution is -1.96. The summed E-state index contributed by atoms with van der Waals surface area (Å²) in [5, 5.41) is 8.26. The topological polar surface area (TPSA) is 9.86 Å². The molecule has 3 aromatic carbocycles. The first-order chi connectivity index (χ1) is 15.8. The van der Waals surface area contributed by atoms with Crippen LogP contribution in [0.25, 0.3) is 43.4 Å². The van der Waals surface area contributed by atoms with E-state index < -0.39 is 0 Å². The smallest absolute Gasteiger partial charge is 0.0486 e. The van der Waals surface area contributed by atoms with E-state index in [1.807, 2.05) is 0 Å². The standard InChI is InChI=1S/C30H36N2/c1-3-5-7-9-19-31-21-17-27-25-11-12-26-24(23(25)13-15-29(27)31)14-16-30-28(26)18-22-32(30)20-10-8-6-4-2/h11-18,21-22H,3-10,19-20H2,1-2H3. The Kier molecular flexibility index (Phi) is 6.21. The van der Waals surface area contributed by atoms with Crippen molar-refractivity contribution in [1.82, 2.24) is 9.13 Å². The highest BCUT2D eigenvalue weighted by atomic mass is 15.0. The molecule has 0 fully saturated rings. The fourth-order valence-corrected chi connectivity index (χ4v) is 5.39. The van der Waals surface area contributed by atoms with Gasteiger partial charge in [0, 0.05) is 47.3 Å². The van der Waals surface area contributed by atoms with Crippen molar-refractivity contribution in [3.8, 4) is 0 Å². The molecule has 0 spiro atoms. The van der Waals surface area contributed by atoms with Crippen LogP contribution in [-0.4, -0.2) is 9.13 Å². The van der Waals surface area contributed by atoms with Crippen LogP contribution in [0.4, 0.5) is 0 Å². The van der Waals surface area contributed by atoms with Gasteiger partial charge in [0.25, 0.3) is 0 Å². The van der Waals surface area contributed by atoms with Crippen LogP contribution in [0.2, 0.25) is 0 Å². The van der Waals surface area contributed by atoms with E-state index in [1.54, 1.807) is 0 Å². The van der Waals surface area contributed by atoms with E-state index in [1.165, 1.54) is 94.7 Å². The van der Waals surface area contributed by atoms with Crippen molar-refractivity contribution in [2.45, 2.75) is 78.3 Å². The zero-order valence-corrected chi connectivity index (χ0v) is 19.7. The van der Waals surface area contributed by atoms with Gasteiger partial charge in [0.05, 0.1) is 0 Å². The molecule has 0 aliphatic rings. The number of aromatic nitrogens is 2. The molecule has 0 unspecified atom stereocenters. The maximum atomic E-state index is 2.44. The predicted octanol–water partition coefficient (Wildman–Crippen LogP) is 9.06. The molecule has 166 valence electrons. The zero-order chi connectivity index (χ0) is 21.9. The second kappa shape index (κ2) is 9.40. The molecule has 2 heterocycles. The van der Waals surface area contributed by atoms with Crippen molar-refractivity contribution < 1.29 is 0 Å². The Balaban J connectivity index is 1.51. The van der Waals surface area contributed by atoms with E-state index in [4.69, 9.17) is 0 Å². The summed E-state index contributed by atoms with van der Waals surface area (Å²) in [6.07, 6.45) is 15.0. The summed E-state index contributed by atoms with van der Waals surface area (Å²) in [7, 11) is 0. The van der Waals surface area contributed by atoms with Gasteiger partial charge in [-0.2, -0.15) is 0 Å². The number of aryl methyl sites for hydroxylation is 2. The summed E-state index contributed by atoms with van der Waals surface area (Å²) in [6.45, 7) is 6.79. The zero-order valence-electron chi connectivity index (χ0n) is 19.7. The van der Waals surface area contributed by atoms with Crippen LogP contribution in [0.5, 0.6) is 0 Å². The minimum Gasteiger partial charge on any atom is -0.347 e. The van der Waals surface area contributed by atoms with Crippen LogP contribution < -0.4 is 0 Å². The Morgan fingerprint density at radius 1 is 0.438 bits per heavy atom. The summed E-state index contributed by atoms with van der Waals surface area (Å²) in [5.74, 6) is 0. The van der Waals surface area contributed by atoms with E-state index in [0.717, 1.165) is 13.1 Å². The van der Waals surface area contributed by atoms with E-state index in [0.29, 0.717) is 0 Å². The van der Waals surface area contributed by atoms with Crippen LogP contribution in [-0.2, 0) is 13.1 Å². The third kappa shape index (κ3) is 3.81. The summed E-state index contributed by atoms with van der Waals surface area (Å²) < 4.78 is 4.88. The summed E-state index contributed by atoms with van der Waals surface area (Å²) >= 11 is 0. The monoisotopic (exact) mass is 424 g/mol. The van der Waals surface area contributed by atoms with Gasteiger partial charge in [0.15, 0.2) is 0 Å². The van der Waals surface area contributed by atoms with Gasteiger partial charge in [0.2, 0.25) is 0 Å². The Morgan fingerprint density at radius 3 is 1.28 bits per heavy atom. The molecule has 32 heavy (non-hydrogen) atoms. The first-order valence-electron chi connectivity index (χ1n) is 12.7. The average molecular weight is 425 g/mol. The SMILES string of the molecule is CCCCCCn1ccc2c3ccc4c(ccc5c4ccn5CCCCCC)c3ccc21. The van der Waals surface area contributed by atoms with Gasteiger partial charge in [-0.05, 0) is 58.7 Å². The quantitative estimate of drug-likeness (QED) is 0.156. The molecule has 5 rings (SSSR count). The Hall–Kier alpha value is -2.74. The molecule has 0 saturated heterocycles. The number of hydrogen-bond donors (Lipinski definition) is 0. The highest BCUT2D eigenvalue weighted by Crippen LogP contribution is 2.35. The molecule has 5 aromatic rings. The Morgan fingerprint density at radius 2 is 0.844 bits per heavy atom.